The third-order valence-corrected chi connectivity index (χ3v) is 3.50. The molecule has 0 atom stereocenters. The number of rotatable bonds is 6. The van der Waals surface area contributed by atoms with Crippen LogP contribution in [0.2, 0.25) is 0 Å². The predicted molar refractivity (Wildman–Crippen MR) is 88.5 cm³/mol. The minimum atomic E-state index is -0.504. The summed E-state index contributed by atoms with van der Waals surface area (Å²) < 4.78 is 10.7. The zero-order chi connectivity index (χ0) is 16.7. The van der Waals surface area contributed by atoms with Gasteiger partial charge in [0.05, 0.1) is 13.7 Å². The van der Waals surface area contributed by atoms with Crippen LogP contribution in [-0.2, 0) is 4.79 Å². The summed E-state index contributed by atoms with van der Waals surface area (Å²) in [5, 5.41) is 14.0. The Kier molecular flexibility index (Phi) is 5.72. The molecule has 1 aromatic carbocycles. The second-order valence-corrected chi connectivity index (χ2v) is 5.20. The highest BCUT2D eigenvalue weighted by Gasteiger charge is 2.12. The zero-order valence-electron chi connectivity index (χ0n) is 12.7. The Morgan fingerprint density at radius 1 is 1.48 bits per heavy atom. The molecule has 118 valence electrons. The number of nitrogens with zero attached hydrogens (tertiary/aromatic N) is 2. The van der Waals surface area contributed by atoms with Gasteiger partial charge in [0, 0.05) is 11.6 Å². The van der Waals surface area contributed by atoms with Crippen LogP contribution in [0.1, 0.15) is 12.5 Å². The van der Waals surface area contributed by atoms with Gasteiger partial charge in [0.15, 0.2) is 16.6 Å². The van der Waals surface area contributed by atoms with Crippen LogP contribution < -0.4 is 14.8 Å². The van der Waals surface area contributed by atoms with Gasteiger partial charge in [-0.2, -0.15) is 5.26 Å². The molecule has 0 unspecified atom stereocenters. The molecule has 0 bridgehead atoms. The molecule has 1 N–H and O–H groups in total. The van der Waals surface area contributed by atoms with E-state index in [0.29, 0.717) is 28.8 Å². The monoisotopic (exact) mass is 329 g/mol. The Labute approximate surface area is 138 Å². The fourth-order valence-corrected chi connectivity index (χ4v) is 2.34. The van der Waals surface area contributed by atoms with Crippen LogP contribution in [0.5, 0.6) is 11.5 Å². The van der Waals surface area contributed by atoms with E-state index in [1.165, 1.54) is 24.5 Å². The third kappa shape index (κ3) is 4.31. The van der Waals surface area contributed by atoms with Crippen LogP contribution in [0.15, 0.2) is 35.3 Å². The number of hydrogen-bond acceptors (Lipinski definition) is 6. The lowest BCUT2D eigenvalue weighted by Crippen LogP contribution is -2.13. The lowest BCUT2D eigenvalue weighted by molar-refractivity contribution is -0.112. The topological polar surface area (TPSA) is 84.2 Å². The summed E-state index contributed by atoms with van der Waals surface area (Å²) in [4.78, 5) is 16.0. The molecule has 0 aliphatic carbocycles. The Bertz CT molecular complexity index is 748. The van der Waals surface area contributed by atoms with Crippen molar-refractivity contribution in [2.45, 2.75) is 6.92 Å². The van der Waals surface area contributed by atoms with E-state index in [2.05, 4.69) is 10.3 Å². The second-order valence-electron chi connectivity index (χ2n) is 4.30. The van der Waals surface area contributed by atoms with Crippen molar-refractivity contribution in [2.75, 3.05) is 19.0 Å². The average Bonchev–Trinajstić information content (AvgIpc) is 3.06. The molecule has 0 aliphatic heterocycles. The van der Waals surface area contributed by atoms with Crippen LogP contribution in [0, 0.1) is 11.3 Å². The van der Waals surface area contributed by atoms with Crippen molar-refractivity contribution in [3.63, 3.8) is 0 Å². The summed E-state index contributed by atoms with van der Waals surface area (Å²) in [7, 11) is 1.53. The first kappa shape index (κ1) is 16.5. The van der Waals surface area contributed by atoms with Gasteiger partial charge < -0.3 is 9.47 Å². The fourth-order valence-electron chi connectivity index (χ4n) is 1.81. The van der Waals surface area contributed by atoms with Gasteiger partial charge >= 0.3 is 0 Å². The first-order valence-electron chi connectivity index (χ1n) is 6.81. The van der Waals surface area contributed by atoms with Gasteiger partial charge in [0.25, 0.3) is 5.91 Å². The average molecular weight is 329 g/mol. The van der Waals surface area contributed by atoms with E-state index >= 15 is 0 Å². The third-order valence-electron chi connectivity index (χ3n) is 2.82. The number of amides is 1. The number of carbonyl (C=O) groups excluding carboxylic acids is 1. The lowest BCUT2D eigenvalue weighted by atomic mass is 10.1. The molecule has 23 heavy (non-hydrogen) atoms. The molecule has 6 nitrogen and oxygen atoms in total. The van der Waals surface area contributed by atoms with Crippen molar-refractivity contribution in [3.05, 3.63) is 40.9 Å². The fraction of sp³-hybridized carbons (Fsp3) is 0.188. The molecule has 1 aromatic heterocycles. The molecule has 0 saturated heterocycles. The number of ether oxygens (including phenoxy) is 2. The van der Waals surface area contributed by atoms with E-state index in [0.717, 1.165) is 0 Å². The van der Waals surface area contributed by atoms with Gasteiger partial charge in [-0.25, -0.2) is 4.98 Å². The summed E-state index contributed by atoms with van der Waals surface area (Å²) in [5.41, 5.74) is 0.641. The minimum Gasteiger partial charge on any atom is -0.493 e. The lowest BCUT2D eigenvalue weighted by Gasteiger charge is -2.09. The molecule has 2 aromatic rings. The molecule has 0 radical (unpaired) electrons. The van der Waals surface area contributed by atoms with Crippen molar-refractivity contribution in [1.82, 2.24) is 4.98 Å². The molecule has 1 amide bonds. The number of thiazole rings is 1. The summed E-state index contributed by atoms with van der Waals surface area (Å²) in [6.45, 7) is 2.40. The number of aromatic nitrogens is 1. The van der Waals surface area contributed by atoms with Crippen molar-refractivity contribution >= 4 is 28.5 Å². The summed E-state index contributed by atoms with van der Waals surface area (Å²) in [5.74, 6) is 0.645. The quantitative estimate of drug-likeness (QED) is 0.650. The Balaban J connectivity index is 2.23. The molecule has 0 fully saturated rings. The summed E-state index contributed by atoms with van der Waals surface area (Å²) in [6.07, 6.45) is 3.06. The first-order chi connectivity index (χ1) is 11.2. The number of nitriles is 1. The van der Waals surface area contributed by atoms with Crippen LogP contribution in [-0.4, -0.2) is 24.6 Å². The highest BCUT2D eigenvalue weighted by molar-refractivity contribution is 7.13. The SMILES string of the molecule is CCOc1ccc(/C=C(\C#N)C(=O)Nc2nccs2)cc1OC. The number of methoxy groups -OCH3 is 1. The molecule has 7 heteroatoms. The van der Waals surface area contributed by atoms with Gasteiger partial charge in [-0.1, -0.05) is 6.07 Å². The zero-order valence-corrected chi connectivity index (χ0v) is 13.5. The standard InChI is InChI=1S/C16H15N3O3S/c1-3-22-13-5-4-11(9-14(13)21-2)8-12(10-17)15(20)19-16-18-6-7-23-16/h4-9H,3H2,1-2H3,(H,18,19,20)/b12-8+. The maximum atomic E-state index is 12.1. The molecule has 0 aliphatic rings. The molecule has 2 rings (SSSR count). The Hall–Kier alpha value is -2.85. The number of anilines is 1. The van der Waals surface area contributed by atoms with Crippen LogP contribution in [0.25, 0.3) is 6.08 Å². The van der Waals surface area contributed by atoms with E-state index in [4.69, 9.17) is 9.47 Å². The van der Waals surface area contributed by atoms with Crippen molar-refractivity contribution in [2.24, 2.45) is 0 Å². The van der Waals surface area contributed by atoms with Gasteiger partial charge in [-0.05, 0) is 30.7 Å². The molecular weight excluding hydrogens is 314 g/mol. The van der Waals surface area contributed by atoms with Crippen LogP contribution in [0.4, 0.5) is 5.13 Å². The number of nitrogens with one attached hydrogen (secondary N) is 1. The summed E-state index contributed by atoms with van der Waals surface area (Å²) in [6, 6.07) is 7.09. The second kappa shape index (κ2) is 7.96. The smallest absolute Gasteiger partial charge is 0.268 e. The van der Waals surface area contributed by atoms with E-state index in [1.807, 2.05) is 13.0 Å². The molecular formula is C16H15N3O3S. The van der Waals surface area contributed by atoms with E-state index in [1.54, 1.807) is 29.8 Å². The summed E-state index contributed by atoms with van der Waals surface area (Å²) >= 11 is 1.28. The van der Waals surface area contributed by atoms with Crippen LogP contribution in [0.3, 0.4) is 0 Å². The van der Waals surface area contributed by atoms with Crippen molar-refractivity contribution in [3.8, 4) is 17.6 Å². The normalized spacial score (nSPS) is 10.7. The highest BCUT2D eigenvalue weighted by atomic mass is 32.1. The number of benzene rings is 1. The van der Waals surface area contributed by atoms with E-state index in [-0.39, 0.29) is 5.57 Å². The van der Waals surface area contributed by atoms with E-state index < -0.39 is 5.91 Å². The maximum Gasteiger partial charge on any atom is 0.268 e. The van der Waals surface area contributed by atoms with E-state index in [9.17, 15) is 10.1 Å². The predicted octanol–water partition coefficient (Wildman–Crippen LogP) is 3.10. The molecule has 0 spiro atoms. The van der Waals surface area contributed by atoms with Crippen molar-refractivity contribution in [1.29, 1.82) is 5.26 Å². The van der Waals surface area contributed by atoms with Gasteiger partial charge in [0.2, 0.25) is 0 Å². The number of hydrogen-bond donors (Lipinski definition) is 1. The number of carbonyl (C=O) groups is 1. The Morgan fingerprint density at radius 2 is 2.30 bits per heavy atom. The van der Waals surface area contributed by atoms with Gasteiger partial charge in [-0.15, -0.1) is 11.3 Å². The maximum absolute atomic E-state index is 12.1. The van der Waals surface area contributed by atoms with Crippen LogP contribution >= 0.6 is 11.3 Å². The molecule has 0 saturated carbocycles. The highest BCUT2D eigenvalue weighted by Crippen LogP contribution is 2.29. The largest absolute Gasteiger partial charge is 0.493 e. The first-order valence-corrected chi connectivity index (χ1v) is 7.69. The van der Waals surface area contributed by atoms with Gasteiger partial charge in [-0.3, -0.25) is 10.1 Å². The molecule has 1 heterocycles. The van der Waals surface area contributed by atoms with Crippen molar-refractivity contribution < 1.29 is 14.3 Å². The van der Waals surface area contributed by atoms with Gasteiger partial charge in [0.1, 0.15) is 11.6 Å². The minimum absolute atomic E-state index is 0.0218. The Morgan fingerprint density at radius 3 is 2.91 bits per heavy atom.